The second kappa shape index (κ2) is 6.96. The minimum atomic E-state index is 0.0494. The molecule has 2 heterocycles. The van der Waals surface area contributed by atoms with E-state index in [1.54, 1.807) is 12.4 Å². The molecule has 0 bridgehead atoms. The fourth-order valence-electron chi connectivity index (χ4n) is 1.75. The summed E-state index contributed by atoms with van der Waals surface area (Å²) in [6, 6.07) is 0. The summed E-state index contributed by atoms with van der Waals surface area (Å²) in [5.74, 6) is 1.88. The van der Waals surface area contributed by atoms with Gasteiger partial charge in [0, 0.05) is 29.8 Å². The molecule has 6 heteroatoms. The maximum atomic E-state index is 11.5. The van der Waals surface area contributed by atoms with Crippen LogP contribution in [0.5, 0.6) is 0 Å². The van der Waals surface area contributed by atoms with Gasteiger partial charge in [-0.1, -0.05) is 28.0 Å². The van der Waals surface area contributed by atoms with E-state index in [2.05, 4.69) is 15.3 Å². The van der Waals surface area contributed by atoms with Crippen LogP contribution in [0.1, 0.15) is 32.1 Å². The van der Waals surface area contributed by atoms with E-state index < -0.39 is 0 Å². The van der Waals surface area contributed by atoms with Crippen LogP contribution in [0.25, 0.3) is 0 Å². The number of unbranched alkanes of at least 4 members (excludes halogenated alkanes) is 1. The van der Waals surface area contributed by atoms with Crippen LogP contribution in [-0.2, 0) is 4.79 Å². The highest BCUT2D eigenvalue weighted by Gasteiger charge is 2.15. The number of carbonyl (C=O) groups is 1. The summed E-state index contributed by atoms with van der Waals surface area (Å²) < 4.78 is 0. The zero-order valence-electron chi connectivity index (χ0n) is 9.65. The van der Waals surface area contributed by atoms with E-state index in [9.17, 15) is 4.79 Å². The third-order valence-electron chi connectivity index (χ3n) is 2.66. The molecule has 1 amide bonds. The first-order valence-corrected chi connectivity index (χ1v) is 8.30. The summed E-state index contributed by atoms with van der Waals surface area (Å²) in [5.41, 5.74) is 0. The van der Waals surface area contributed by atoms with Gasteiger partial charge in [-0.2, -0.15) is 0 Å². The van der Waals surface area contributed by atoms with Crippen molar-refractivity contribution < 1.29 is 4.79 Å². The number of H-pyrrole nitrogens is 1. The Morgan fingerprint density at radius 2 is 2.53 bits per heavy atom. The monoisotopic (exact) mass is 271 g/mol. The van der Waals surface area contributed by atoms with Crippen LogP contribution in [0.15, 0.2) is 12.4 Å². The van der Waals surface area contributed by atoms with Crippen LogP contribution >= 0.6 is 21.6 Å². The number of rotatable bonds is 6. The standard InChI is InChI=1S/C11H17N3OS2/c15-10(14-11-12-6-7-13-11)4-2-1-3-9-5-8-16-17-9/h6-7,9H,1-5,8H2,(H2,12,13,14,15)/t9-/m1/s1. The Balaban J connectivity index is 1.54. The van der Waals surface area contributed by atoms with Gasteiger partial charge in [-0.25, -0.2) is 4.98 Å². The third-order valence-corrected chi connectivity index (χ3v) is 5.67. The average Bonchev–Trinajstić information content (AvgIpc) is 2.96. The van der Waals surface area contributed by atoms with Gasteiger partial charge in [0.05, 0.1) is 0 Å². The van der Waals surface area contributed by atoms with Crippen LogP contribution in [0, 0.1) is 0 Å². The molecule has 1 aromatic heterocycles. The van der Waals surface area contributed by atoms with Crippen LogP contribution in [0.4, 0.5) is 5.95 Å². The molecule has 0 aromatic carbocycles. The number of hydrogen-bond donors (Lipinski definition) is 2. The van der Waals surface area contributed by atoms with Crippen molar-refractivity contribution in [2.75, 3.05) is 11.1 Å². The first kappa shape index (κ1) is 12.8. The van der Waals surface area contributed by atoms with E-state index in [0.29, 0.717) is 12.4 Å². The topological polar surface area (TPSA) is 57.8 Å². The lowest BCUT2D eigenvalue weighted by molar-refractivity contribution is -0.116. The molecule has 1 aliphatic rings. The minimum Gasteiger partial charge on any atom is -0.331 e. The lowest BCUT2D eigenvalue weighted by Crippen LogP contribution is -2.12. The summed E-state index contributed by atoms with van der Waals surface area (Å²) >= 11 is 0. The van der Waals surface area contributed by atoms with Gasteiger partial charge in [0.1, 0.15) is 0 Å². The van der Waals surface area contributed by atoms with Gasteiger partial charge in [-0.15, -0.1) is 0 Å². The van der Waals surface area contributed by atoms with Crippen molar-refractivity contribution in [3.05, 3.63) is 12.4 Å². The number of imidazole rings is 1. The number of aromatic amines is 1. The van der Waals surface area contributed by atoms with Crippen LogP contribution < -0.4 is 5.32 Å². The smallest absolute Gasteiger partial charge is 0.226 e. The van der Waals surface area contributed by atoms with Crippen LogP contribution in [-0.4, -0.2) is 26.9 Å². The van der Waals surface area contributed by atoms with Gasteiger partial charge in [0.2, 0.25) is 11.9 Å². The molecule has 4 nitrogen and oxygen atoms in total. The predicted octanol–water partition coefficient (Wildman–Crippen LogP) is 3.06. The SMILES string of the molecule is O=C(CCCC[C@@H]1CCSS1)Nc1ncc[nH]1. The molecule has 0 unspecified atom stereocenters. The van der Waals surface area contributed by atoms with Gasteiger partial charge in [0.25, 0.3) is 0 Å². The number of nitrogens with zero attached hydrogens (tertiary/aromatic N) is 1. The first-order chi connectivity index (χ1) is 8.34. The molecule has 1 saturated heterocycles. The average molecular weight is 271 g/mol. The number of aromatic nitrogens is 2. The summed E-state index contributed by atoms with van der Waals surface area (Å²) in [4.78, 5) is 18.3. The Bertz CT molecular complexity index is 336. The second-order valence-electron chi connectivity index (χ2n) is 4.06. The molecule has 0 radical (unpaired) electrons. The zero-order valence-corrected chi connectivity index (χ0v) is 11.3. The molecule has 1 atom stereocenters. The summed E-state index contributed by atoms with van der Waals surface area (Å²) in [6.07, 6.45) is 8.60. The molecule has 94 valence electrons. The molecule has 0 spiro atoms. The van der Waals surface area contributed by atoms with Crippen molar-refractivity contribution in [2.45, 2.75) is 37.4 Å². The molecular weight excluding hydrogens is 254 g/mol. The van der Waals surface area contributed by atoms with E-state index in [1.165, 1.54) is 18.6 Å². The highest BCUT2D eigenvalue weighted by Crippen LogP contribution is 2.39. The van der Waals surface area contributed by atoms with E-state index in [1.807, 2.05) is 21.6 Å². The highest BCUT2D eigenvalue weighted by molar-refractivity contribution is 8.77. The van der Waals surface area contributed by atoms with Crippen molar-refractivity contribution in [3.8, 4) is 0 Å². The molecule has 0 saturated carbocycles. The number of nitrogens with one attached hydrogen (secondary N) is 2. The van der Waals surface area contributed by atoms with Crippen molar-refractivity contribution in [1.82, 2.24) is 9.97 Å². The second-order valence-corrected chi connectivity index (χ2v) is 6.85. The molecule has 1 aromatic rings. The fourth-order valence-corrected chi connectivity index (χ4v) is 4.78. The summed E-state index contributed by atoms with van der Waals surface area (Å²) in [5, 5.41) is 3.55. The van der Waals surface area contributed by atoms with Crippen molar-refractivity contribution in [1.29, 1.82) is 0 Å². The number of amides is 1. The lowest BCUT2D eigenvalue weighted by Gasteiger charge is -2.06. The van der Waals surface area contributed by atoms with Gasteiger partial charge in [-0.3, -0.25) is 10.1 Å². The molecule has 1 fully saturated rings. The number of anilines is 1. The molecule has 1 aliphatic heterocycles. The maximum Gasteiger partial charge on any atom is 0.226 e. The molecule has 2 N–H and O–H groups in total. The fraction of sp³-hybridized carbons (Fsp3) is 0.636. The summed E-state index contributed by atoms with van der Waals surface area (Å²) in [6.45, 7) is 0. The quantitative estimate of drug-likeness (QED) is 0.616. The predicted molar refractivity (Wildman–Crippen MR) is 74.1 cm³/mol. The van der Waals surface area contributed by atoms with Crippen molar-refractivity contribution in [2.24, 2.45) is 0 Å². The lowest BCUT2D eigenvalue weighted by atomic mass is 10.1. The highest BCUT2D eigenvalue weighted by atomic mass is 33.1. The minimum absolute atomic E-state index is 0.0494. The van der Waals surface area contributed by atoms with E-state index in [0.717, 1.165) is 18.1 Å². The molecular formula is C11H17N3OS2. The Labute approximate surface area is 109 Å². The van der Waals surface area contributed by atoms with E-state index in [-0.39, 0.29) is 5.91 Å². The van der Waals surface area contributed by atoms with Crippen molar-refractivity contribution >= 4 is 33.4 Å². The Morgan fingerprint density at radius 1 is 1.59 bits per heavy atom. The van der Waals surface area contributed by atoms with Gasteiger partial charge >= 0.3 is 0 Å². The first-order valence-electron chi connectivity index (χ1n) is 5.92. The Hall–Kier alpha value is -0.620. The largest absolute Gasteiger partial charge is 0.331 e. The van der Waals surface area contributed by atoms with Crippen LogP contribution in [0.2, 0.25) is 0 Å². The third kappa shape index (κ3) is 4.63. The van der Waals surface area contributed by atoms with E-state index in [4.69, 9.17) is 0 Å². The summed E-state index contributed by atoms with van der Waals surface area (Å²) in [7, 11) is 3.98. The van der Waals surface area contributed by atoms with Crippen molar-refractivity contribution in [3.63, 3.8) is 0 Å². The maximum absolute atomic E-state index is 11.5. The molecule has 17 heavy (non-hydrogen) atoms. The van der Waals surface area contributed by atoms with Gasteiger partial charge in [0.15, 0.2) is 0 Å². The van der Waals surface area contributed by atoms with E-state index >= 15 is 0 Å². The Kier molecular flexibility index (Phi) is 5.25. The Morgan fingerprint density at radius 3 is 3.24 bits per heavy atom. The normalized spacial score (nSPS) is 19.4. The van der Waals surface area contributed by atoms with Gasteiger partial charge < -0.3 is 4.98 Å². The zero-order chi connectivity index (χ0) is 11.9. The number of hydrogen-bond acceptors (Lipinski definition) is 4. The number of carbonyl (C=O) groups excluding carboxylic acids is 1. The molecule has 2 rings (SSSR count). The van der Waals surface area contributed by atoms with Gasteiger partial charge in [-0.05, 0) is 19.3 Å². The van der Waals surface area contributed by atoms with Crippen LogP contribution in [0.3, 0.4) is 0 Å². The molecule has 0 aliphatic carbocycles.